The van der Waals surface area contributed by atoms with Crippen molar-refractivity contribution in [1.29, 1.82) is 0 Å². The molecule has 0 saturated carbocycles. The van der Waals surface area contributed by atoms with Crippen LogP contribution >= 0.6 is 27.5 Å². The van der Waals surface area contributed by atoms with E-state index in [0.29, 0.717) is 16.3 Å². The van der Waals surface area contributed by atoms with Crippen molar-refractivity contribution >= 4 is 39.1 Å². The van der Waals surface area contributed by atoms with E-state index >= 15 is 0 Å². The first-order chi connectivity index (χ1) is 8.58. The minimum Gasteiger partial charge on any atom is -0.321 e. The van der Waals surface area contributed by atoms with Crippen molar-refractivity contribution in [3.63, 3.8) is 0 Å². The Bertz CT molecular complexity index is 598. The molecule has 0 saturated heterocycles. The zero-order chi connectivity index (χ0) is 13.1. The highest BCUT2D eigenvalue weighted by molar-refractivity contribution is 9.10. The predicted molar refractivity (Wildman–Crippen MR) is 78.3 cm³/mol. The van der Waals surface area contributed by atoms with Crippen LogP contribution in [0.4, 0.5) is 5.69 Å². The average molecular weight is 325 g/mol. The fraction of sp³-hybridized carbons (Fsp3) is 0.0714. The summed E-state index contributed by atoms with van der Waals surface area (Å²) in [5.74, 6) is -0.155. The van der Waals surface area contributed by atoms with Crippen LogP contribution in [0.5, 0.6) is 0 Å². The van der Waals surface area contributed by atoms with Crippen LogP contribution in [-0.2, 0) is 0 Å². The molecule has 1 N–H and O–H groups in total. The normalized spacial score (nSPS) is 10.2. The lowest BCUT2D eigenvalue weighted by atomic mass is 10.1. The van der Waals surface area contributed by atoms with Crippen LogP contribution < -0.4 is 5.32 Å². The second-order valence-electron chi connectivity index (χ2n) is 3.89. The molecule has 2 aromatic carbocycles. The second kappa shape index (κ2) is 5.55. The molecule has 2 aromatic rings. The third-order valence-electron chi connectivity index (χ3n) is 2.57. The number of aryl methyl sites for hydroxylation is 1. The zero-order valence-corrected chi connectivity index (χ0v) is 12.0. The molecule has 0 aliphatic heterocycles. The Morgan fingerprint density at radius 1 is 1.22 bits per heavy atom. The number of hydrogen-bond acceptors (Lipinski definition) is 1. The molecule has 0 heterocycles. The number of nitrogens with one attached hydrogen (secondary N) is 1. The molecule has 92 valence electrons. The number of rotatable bonds is 2. The maximum absolute atomic E-state index is 12.1. The summed E-state index contributed by atoms with van der Waals surface area (Å²) in [5, 5.41) is 3.31. The van der Waals surface area contributed by atoms with E-state index in [4.69, 9.17) is 11.6 Å². The molecule has 4 heteroatoms. The molecular weight excluding hydrogens is 314 g/mol. The summed E-state index contributed by atoms with van der Waals surface area (Å²) < 4.78 is 0.876. The van der Waals surface area contributed by atoms with E-state index in [2.05, 4.69) is 21.2 Å². The van der Waals surface area contributed by atoms with Gasteiger partial charge in [0.15, 0.2) is 0 Å². The van der Waals surface area contributed by atoms with Crippen LogP contribution in [-0.4, -0.2) is 5.91 Å². The molecule has 0 atom stereocenters. The van der Waals surface area contributed by atoms with E-state index in [1.165, 1.54) is 0 Å². The van der Waals surface area contributed by atoms with Gasteiger partial charge in [0.25, 0.3) is 5.91 Å². The summed E-state index contributed by atoms with van der Waals surface area (Å²) >= 11 is 9.38. The molecule has 0 fully saturated rings. The van der Waals surface area contributed by atoms with Crippen LogP contribution in [0.15, 0.2) is 46.9 Å². The highest BCUT2D eigenvalue weighted by atomic mass is 79.9. The van der Waals surface area contributed by atoms with Crippen molar-refractivity contribution in [3.05, 3.63) is 63.1 Å². The van der Waals surface area contributed by atoms with E-state index in [-0.39, 0.29) is 5.91 Å². The number of amides is 1. The highest BCUT2D eigenvalue weighted by Gasteiger charge is 2.10. The monoisotopic (exact) mass is 323 g/mol. The molecule has 2 nitrogen and oxygen atoms in total. The fourth-order valence-corrected chi connectivity index (χ4v) is 2.33. The number of carbonyl (C=O) groups excluding carboxylic acids is 1. The van der Waals surface area contributed by atoms with Crippen LogP contribution in [0.3, 0.4) is 0 Å². The minimum atomic E-state index is -0.155. The summed E-state index contributed by atoms with van der Waals surface area (Å²) in [7, 11) is 0. The molecule has 0 aliphatic rings. The van der Waals surface area contributed by atoms with E-state index in [0.717, 1.165) is 10.0 Å². The first-order valence-electron chi connectivity index (χ1n) is 5.40. The van der Waals surface area contributed by atoms with Crippen molar-refractivity contribution < 1.29 is 4.79 Å². The second-order valence-corrected chi connectivity index (χ2v) is 5.22. The number of benzene rings is 2. The van der Waals surface area contributed by atoms with Crippen LogP contribution in [0.1, 0.15) is 15.9 Å². The molecule has 2 rings (SSSR count). The standard InChI is InChI=1S/C14H11BrClNO/c1-9-4-2-3-5-11(9)14(18)17-13-7-6-10(15)8-12(13)16/h2-8H,1H3,(H,17,18). The largest absolute Gasteiger partial charge is 0.321 e. The third kappa shape index (κ3) is 2.92. The Kier molecular flexibility index (Phi) is 4.04. The molecule has 1 amide bonds. The van der Waals surface area contributed by atoms with Gasteiger partial charge in [-0.2, -0.15) is 0 Å². The van der Waals surface area contributed by atoms with Crippen molar-refractivity contribution in [2.24, 2.45) is 0 Å². The Morgan fingerprint density at radius 3 is 2.61 bits per heavy atom. The van der Waals surface area contributed by atoms with Gasteiger partial charge in [0.2, 0.25) is 0 Å². The van der Waals surface area contributed by atoms with Crippen LogP contribution in [0, 0.1) is 6.92 Å². The van der Waals surface area contributed by atoms with Gasteiger partial charge in [0.05, 0.1) is 10.7 Å². The first-order valence-corrected chi connectivity index (χ1v) is 6.57. The minimum absolute atomic E-state index is 0.155. The van der Waals surface area contributed by atoms with Gasteiger partial charge in [-0.15, -0.1) is 0 Å². The molecule has 0 aromatic heterocycles. The lowest BCUT2D eigenvalue weighted by Gasteiger charge is -2.09. The fourth-order valence-electron chi connectivity index (χ4n) is 1.61. The lowest BCUT2D eigenvalue weighted by molar-refractivity contribution is 0.102. The Morgan fingerprint density at radius 2 is 1.94 bits per heavy atom. The van der Waals surface area contributed by atoms with E-state index in [9.17, 15) is 4.79 Å². The summed E-state index contributed by atoms with van der Waals surface area (Å²) in [6, 6.07) is 12.8. The van der Waals surface area contributed by atoms with Gasteiger partial charge in [-0.05, 0) is 36.8 Å². The smallest absolute Gasteiger partial charge is 0.255 e. The van der Waals surface area contributed by atoms with Crippen LogP contribution in [0.2, 0.25) is 5.02 Å². The SMILES string of the molecule is Cc1ccccc1C(=O)Nc1ccc(Br)cc1Cl. The van der Waals surface area contributed by atoms with Gasteiger partial charge in [-0.1, -0.05) is 45.7 Å². The maximum Gasteiger partial charge on any atom is 0.255 e. The van der Waals surface area contributed by atoms with E-state index in [1.807, 2.05) is 31.2 Å². The zero-order valence-electron chi connectivity index (χ0n) is 9.71. The van der Waals surface area contributed by atoms with Crippen molar-refractivity contribution in [3.8, 4) is 0 Å². The molecule has 0 unspecified atom stereocenters. The van der Waals surface area contributed by atoms with Crippen molar-refractivity contribution in [2.45, 2.75) is 6.92 Å². The Hall–Kier alpha value is -1.32. The van der Waals surface area contributed by atoms with Gasteiger partial charge in [-0.25, -0.2) is 0 Å². The number of hydrogen-bond donors (Lipinski definition) is 1. The summed E-state index contributed by atoms with van der Waals surface area (Å²) in [5.41, 5.74) is 2.19. The molecule has 0 radical (unpaired) electrons. The van der Waals surface area contributed by atoms with Gasteiger partial charge in [0, 0.05) is 10.0 Å². The van der Waals surface area contributed by atoms with Crippen molar-refractivity contribution in [1.82, 2.24) is 0 Å². The topological polar surface area (TPSA) is 29.1 Å². The highest BCUT2D eigenvalue weighted by Crippen LogP contribution is 2.26. The first kappa shape index (κ1) is 13.1. The maximum atomic E-state index is 12.1. The average Bonchev–Trinajstić information content (AvgIpc) is 2.33. The summed E-state index contributed by atoms with van der Waals surface area (Å²) in [6.07, 6.45) is 0. The van der Waals surface area contributed by atoms with Gasteiger partial charge in [-0.3, -0.25) is 4.79 Å². The van der Waals surface area contributed by atoms with E-state index in [1.54, 1.807) is 18.2 Å². The molecular formula is C14H11BrClNO. The molecule has 0 spiro atoms. The number of anilines is 1. The van der Waals surface area contributed by atoms with Gasteiger partial charge >= 0.3 is 0 Å². The Labute approximate surface area is 119 Å². The van der Waals surface area contributed by atoms with E-state index < -0.39 is 0 Å². The number of halogens is 2. The Balaban J connectivity index is 2.24. The van der Waals surface area contributed by atoms with Gasteiger partial charge in [0.1, 0.15) is 0 Å². The lowest BCUT2D eigenvalue weighted by Crippen LogP contribution is -2.13. The molecule has 0 bridgehead atoms. The van der Waals surface area contributed by atoms with Crippen molar-refractivity contribution in [2.75, 3.05) is 5.32 Å². The summed E-state index contributed by atoms with van der Waals surface area (Å²) in [6.45, 7) is 1.90. The van der Waals surface area contributed by atoms with Crippen LogP contribution in [0.25, 0.3) is 0 Å². The number of carbonyl (C=O) groups is 1. The van der Waals surface area contributed by atoms with Gasteiger partial charge < -0.3 is 5.32 Å². The molecule has 0 aliphatic carbocycles. The quantitative estimate of drug-likeness (QED) is 0.855. The predicted octanol–water partition coefficient (Wildman–Crippen LogP) is 4.66. The third-order valence-corrected chi connectivity index (χ3v) is 3.37. The summed E-state index contributed by atoms with van der Waals surface area (Å²) in [4.78, 5) is 12.1. The molecule has 18 heavy (non-hydrogen) atoms.